The molecule has 0 unspecified atom stereocenters. The van der Waals surface area contributed by atoms with Crippen LogP contribution in [-0.2, 0) is 17.8 Å². The minimum absolute atomic E-state index is 0.0321. The minimum atomic E-state index is -0.114. The van der Waals surface area contributed by atoms with Gasteiger partial charge in [-0.2, -0.15) is 0 Å². The summed E-state index contributed by atoms with van der Waals surface area (Å²) in [5, 5.41) is 0.961. The molecule has 0 bridgehead atoms. The Hall–Kier alpha value is -3.21. The van der Waals surface area contributed by atoms with E-state index in [1.807, 2.05) is 48.2 Å². The lowest BCUT2D eigenvalue weighted by Crippen LogP contribution is -2.42. The summed E-state index contributed by atoms with van der Waals surface area (Å²) in [4.78, 5) is 35.5. The average molecular weight is 371 g/mol. The number of amides is 1. The lowest BCUT2D eigenvalue weighted by Gasteiger charge is -2.30. The molecular weight excluding hydrogens is 350 g/mol. The third-order valence-electron chi connectivity index (χ3n) is 5.71. The molecule has 0 saturated carbocycles. The van der Waals surface area contributed by atoms with E-state index in [0.717, 1.165) is 39.0 Å². The van der Waals surface area contributed by atoms with Gasteiger partial charge in [-0.25, -0.2) is 0 Å². The van der Waals surface area contributed by atoms with Crippen molar-refractivity contribution in [3.63, 3.8) is 0 Å². The number of aromatic amines is 1. The fourth-order valence-corrected chi connectivity index (χ4v) is 4.38. The molecule has 0 radical (unpaired) electrons. The molecule has 5 rings (SSSR count). The second kappa shape index (κ2) is 6.44. The summed E-state index contributed by atoms with van der Waals surface area (Å²) in [5.41, 5.74) is 5.67. The number of carbonyl (C=O) groups is 2. The fourth-order valence-electron chi connectivity index (χ4n) is 4.38. The van der Waals surface area contributed by atoms with Crippen LogP contribution < -0.4 is 0 Å². The summed E-state index contributed by atoms with van der Waals surface area (Å²) in [6.45, 7) is 3.10. The lowest BCUT2D eigenvalue weighted by atomic mass is 9.95. The molecule has 1 N–H and O–H groups in total. The van der Waals surface area contributed by atoms with Crippen LogP contribution in [0.2, 0.25) is 0 Å². The number of carbonyl (C=O) groups excluding carboxylic acids is 2. The van der Waals surface area contributed by atoms with Gasteiger partial charge in [-0.3, -0.25) is 14.6 Å². The van der Waals surface area contributed by atoms with Crippen LogP contribution in [0.15, 0.2) is 53.5 Å². The van der Waals surface area contributed by atoms with Gasteiger partial charge in [-0.1, -0.05) is 49.4 Å². The van der Waals surface area contributed by atoms with Gasteiger partial charge in [0.2, 0.25) is 5.91 Å². The van der Waals surface area contributed by atoms with Gasteiger partial charge in [-0.05, 0) is 18.1 Å². The van der Waals surface area contributed by atoms with Crippen molar-refractivity contribution in [2.24, 2.45) is 10.9 Å². The number of Topliss-reactive ketones (excluding diaryl/α,β-unsaturated/α-hetero) is 1. The summed E-state index contributed by atoms with van der Waals surface area (Å²) >= 11 is 0. The molecule has 0 aliphatic carbocycles. The predicted octanol–water partition coefficient (Wildman–Crippen LogP) is 3.37. The zero-order valence-corrected chi connectivity index (χ0v) is 15.7. The van der Waals surface area contributed by atoms with Crippen molar-refractivity contribution < 1.29 is 9.59 Å². The molecule has 1 atom stereocenters. The minimum Gasteiger partial charge on any atom is -0.356 e. The monoisotopic (exact) mass is 371 g/mol. The molecule has 140 valence electrons. The number of H-pyrrole nitrogens is 1. The largest absolute Gasteiger partial charge is 0.356 e. The van der Waals surface area contributed by atoms with E-state index in [0.29, 0.717) is 19.5 Å². The third-order valence-corrected chi connectivity index (χ3v) is 5.71. The second-order valence-electron chi connectivity index (χ2n) is 7.68. The zero-order chi connectivity index (χ0) is 19.3. The highest BCUT2D eigenvalue weighted by atomic mass is 16.2. The third kappa shape index (κ3) is 2.66. The SMILES string of the molecule is C[C@@H](Cc1ccccc1)C(=O)N1CC2=NCC(=O)c3cccc4[nH]c(c2c34)C1. The van der Waals surface area contributed by atoms with Crippen LogP contribution in [0.5, 0.6) is 0 Å². The van der Waals surface area contributed by atoms with Crippen LogP contribution in [-0.4, -0.2) is 40.4 Å². The van der Waals surface area contributed by atoms with Crippen molar-refractivity contribution in [2.45, 2.75) is 19.9 Å². The summed E-state index contributed by atoms with van der Waals surface area (Å²) in [7, 11) is 0. The molecule has 28 heavy (non-hydrogen) atoms. The first kappa shape index (κ1) is 16.9. The summed E-state index contributed by atoms with van der Waals surface area (Å²) in [6, 6.07) is 15.8. The molecule has 5 nitrogen and oxygen atoms in total. The topological polar surface area (TPSA) is 65.5 Å². The van der Waals surface area contributed by atoms with E-state index in [-0.39, 0.29) is 24.2 Å². The first-order valence-electron chi connectivity index (χ1n) is 9.65. The van der Waals surface area contributed by atoms with Gasteiger partial charge in [0.05, 0.1) is 18.8 Å². The molecule has 2 aromatic carbocycles. The van der Waals surface area contributed by atoms with Crippen molar-refractivity contribution in [3.8, 4) is 0 Å². The van der Waals surface area contributed by atoms with Crippen molar-refractivity contribution in [3.05, 3.63) is 70.9 Å². The van der Waals surface area contributed by atoms with Crippen molar-refractivity contribution >= 4 is 28.3 Å². The molecular formula is C23H21N3O2. The highest BCUT2D eigenvalue weighted by Crippen LogP contribution is 2.33. The molecule has 0 saturated heterocycles. The Balaban J connectivity index is 1.48. The van der Waals surface area contributed by atoms with Gasteiger partial charge in [0.15, 0.2) is 5.78 Å². The maximum absolute atomic E-state index is 13.1. The van der Waals surface area contributed by atoms with Gasteiger partial charge < -0.3 is 9.88 Å². The molecule has 5 heteroatoms. The number of hydrogen-bond acceptors (Lipinski definition) is 3. The Morgan fingerprint density at radius 1 is 1.14 bits per heavy atom. The van der Waals surface area contributed by atoms with Crippen molar-refractivity contribution in [1.82, 2.24) is 9.88 Å². The van der Waals surface area contributed by atoms with Gasteiger partial charge in [0.1, 0.15) is 6.54 Å². The number of nitrogens with one attached hydrogen (secondary N) is 1. The standard InChI is InChI=1S/C23H21N3O2/c1-14(10-15-6-3-2-4-7-15)23(28)26-12-18-22-19(13-26)25-17-9-5-8-16(21(17)22)20(27)11-24-18/h2-9,14,25H,10-13H2,1H3/t14-/m0/s1. The Bertz CT molecular complexity index is 1130. The molecule has 1 aromatic heterocycles. The van der Waals surface area contributed by atoms with Crippen molar-refractivity contribution in [1.29, 1.82) is 0 Å². The summed E-state index contributed by atoms with van der Waals surface area (Å²) in [5.74, 6) is 0.0353. The Labute approximate surface area is 163 Å². The van der Waals surface area contributed by atoms with Crippen molar-refractivity contribution in [2.75, 3.05) is 13.1 Å². The lowest BCUT2D eigenvalue weighted by molar-refractivity contribution is -0.135. The highest BCUT2D eigenvalue weighted by molar-refractivity contribution is 6.22. The number of rotatable bonds is 3. The van der Waals surface area contributed by atoms with Crippen LogP contribution >= 0.6 is 0 Å². The van der Waals surface area contributed by atoms with Gasteiger partial charge in [-0.15, -0.1) is 0 Å². The van der Waals surface area contributed by atoms with E-state index in [4.69, 9.17) is 0 Å². The maximum Gasteiger partial charge on any atom is 0.226 e. The maximum atomic E-state index is 13.1. The van der Waals surface area contributed by atoms with Gasteiger partial charge >= 0.3 is 0 Å². The predicted molar refractivity (Wildman–Crippen MR) is 109 cm³/mol. The first-order chi connectivity index (χ1) is 13.6. The molecule has 0 spiro atoms. The molecule has 2 aliphatic heterocycles. The molecule has 0 fully saturated rings. The van der Waals surface area contributed by atoms with E-state index in [1.54, 1.807) is 0 Å². The number of ketones is 1. The van der Waals surface area contributed by atoms with Crippen LogP contribution in [0.4, 0.5) is 0 Å². The van der Waals surface area contributed by atoms with Gasteiger partial charge in [0, 0.05) is 33.6 Å². The van der Waals surface area contributed by atoms with E-state index < -0.39 is 0 Å². The fraction of sp³-hybridized carbons (Fsp3) is 0.261. The van der Waals surface area contributed by atoms with Gasteiger partial charge in [0.25, 0.3) is 0 Å². The quantitative estimate of drug-likeness (QED) is 0.767. The molecule has 3 heterocycles. The Morgan fingerprint density at radius 2 is 1.96 bits per heavy atom. The zero-order valence-electron chi connectivity index (χ0n) is 15.7. The Morgan fingerprint density at radius 3 is 2.79 bits per heavy atom. The molecule has 2 aliphatic rings. The number of nitrogens with zero attached hydrogens (tertiary/aromatic N) is 2. The average Bonchev–Trinajstić information content (AvgIpc) is 3.03. The smallest absolute Gasteiger partial charge is 0.226 e. The van der Waals surface area contributed by atoms with Crippen LogP contribution in [0.3, 0.4) is 0 Å². The number of hydrogen-bond donors (Lipinski definition) is 1. The number of benzene rings is 2. The van der Waals surface area contributed by atoms with Crippen LogP contribution in [0, 0.1) is 5.92 Å². The highest BCUT2D eigenvalue weighted by Gasteiger charge is 2.33. The Kier molecular flexibility index (Phi) is 3.90. The summed E-state index contributed by atoms with van der Waals surface area (Å²) in [6.07, 6.45) is 0.713. The van der Waals surface area contributed by atoms with Crippen LogP contribution in [0.25, 0.3) is 10.9 Å². The normalized spacial score (nSPS) is 16.7. The van der Waals surface area contributed by atoms with E-state index in [9.17, 15) is 9.59 Å². The molecule has 3 aromatic rings. The van der Waals surface area contributed by atoms with E-state index >= 15 is 0 Å². The number of aromatic nitrogens is 1. The second-order valence-corrected chi connectivity index (χ2v) is 7.68. The van der Waals surface area contributed by atoms with E-state index in [2.05, 4.69) is 22.1 Å². The first-order valence-corrected chi connectivity index (χ1v) is 9.65. The van der Waals surface area contributed by atoms with E-state index in [1.165, 1.54) is 0 Å². The molecule has 1 amide bonds. The number of aliphatic imine (C=N–C) groups is 1. The van der Waals surface area contributed by atoms with Crippen LogP contribution in [0.1, 0.15) is 34.1 Å². The summed E-state index contributed by atoms with van der Waals surface area (Å²) < 4.78 is 0.